The highest BCUT2D eigenvalue weighted by Gasteiger charge is 2.21. The normalized spacial score (nSPS) is 10.1. The van der Waals surface area contributed by atoms with Crippen LogP contribution in [0, 0.1) is 22.4 Å². The Balaban J connectivity index is 0.000000494. The minimum Gasteiger partial charge on any atom is -0.418 e. The van der Waals surface area contributed by atoms with Crippen molar-refractivity contribution < 1.29 is 22.2 Å². The molecule has 0 spiro atoms. The van der Waals surface area contributed by atoms with Gasteiger partial charge in [0.15, 0.2) is 4.98 Å². The fourth-order valence-corrected chi connectivity index (χ4v) is 1.58. The Morgan fingerprint density at radius 3 is 2.11 bits per heavy atom. The summed E-state index contributed by atoms with van der Waals surface area (Å²) >= 11 is 3.07. The second kappa shape index (κ2) is 6.30. The van der Waals surface area contributed by atoms with Crippen molar-refractivity contribution in [2.75, 3.05) is 0 Å². The van der Waals surface area contributed by atoms with Crippen LogP contribution in [0.25, 0.3) is 4.98 Å². The van der Waals surface area contributed by atoms with Crippen LogP contribution in [0.5, 0.6) is 0 Å². The summed E-state index contributed by atoms with van der Waals surface area (Å²) in [6.45, 7) is 1.63. The van der Waals surface area contributed by atoms with Crippen LogP contribution in [0.4, 0.5) is 28.6 Å². The molecule has 98 valence electrons. The quantitative estimate of drug-likeness (QED) is 0.251. The second-order valence-electron chi connectivity index (χ2n) is 2.95. The number of hydrogen-bond acceptors (Lipinski definition) is 3. The van der Waals surface area contributed by atoms with Gasteiger partial charge in [-0.25, -0.2) is 0 Å². The molecule has 0 aromatic heterocycles. The van der Waals surface area contributed by atoms with Crippen molar-refractivity contribution in [2.45, 2.75) is 6.92 Å². The first-order valence-electron chi connectivity index (χ1n) is 4.23. The minimum absolute atomic E-state index is 0.0308. The molecule has 0 saturated heterocycles. The molecule has 0 bridgehead atoms. The Labute approximate surface area is 107 Å². The summed E-state index contributed by atoms with van der Waals surface area (Å²) in [7, 11) is -6.00. The maximum Gasteiger partial charge on any atom is 0.673 e. The largest absolute Gasteiger partial charge is 0.673 e. The van der Waals surface area contributed by atoms with Crippen molar-refractivity contribution in [3.05, 3.63) is 37.3 Å². The van der Waals surface area contributed by atoms with Crippen molar-refractivity contribution in [3.63, 3.8) is 0 Å². The van der Waals surface area contributed by atoms with Gasteiger partial charge in [0.25, 0.3) is 5.69 Å². The van der Waals surface area contributed by atoms with Crippen LogP contribution in [0.3, 0.4) is 0 Å². The summed E-state index contributed by atoms with van der Waals surface area (Å²) in [4.78, 5) is 12.9. The lowest BCUT2D eigenvalue weighted by atomic mass is 10.2. The van der Waals surface area contributed by atoms with Gasteiger partial charge in [-0.3, -0.25) is 10.1 Å². The summed E-state index contributed by atoms with van der Waals surface area (Å²) < 4.78 is 39.4. The van der Waals surface area contributed by atoms with E-state index in [0.717, 1.165) is 0 Å². The summed E-state index contributed by atoms with van der Waals surface area (Å²) in [5, 5.41) is 19.0. The Morgan fingerprint density at radius 2 is 1.83 bits per heavy atom. The Hall–Kier alpha value is -1.70. The molecule has 1 rings (SSSR count). The Morgan fingerprint density at radius 1 is 1.39 bits per heavy atom. The highest BCUT2D eigenvalue weighted by atomic mass is 79.9. The molecule has 0 unspecified atom stereocenters. The molecular weight excluding hydrogens is 325 g/mol. The number of hydrogen-bond donors (Lipinski definition) is 0. The Kier molecular flexibility index (Phi) is 5.70. The van der Waals surface area contributed by atoms with Crippen LogP contribution in [-0.2, 0) is 0 Å². The molecule has 1 aromatic rings. The molecule has 0 amide bonds. The molecule has 0 fully saturated rings. The average molecular weight is 330 g/mol. The molecule has 0 radical (unpaired) electrons. The molecule has 1 aromatic carbocycles. The predicted molar refractivity (Wildman–Crippen MR) is 60.5 cm³/mol. The van der Waals surface area contributed by atoms with Gasteiger partial charge in [-0.05, 0) is 22.9 Å². The number of diazo groups is 1. The van der Waals surface area contributed by atoms with E-state index in [1.165, 1.54) is 12.1 Å². The Bertz CT molecular complexity index is 473. The molecule has 0 aliphatic carbocycles. The van der Waals surface area contributed by atoms with E-state index in [1.807, 2.05) is 0 Å². The van der Waals surface area contributed by atoms with Crippen molar-refractivity contribution in [3.8, 4) is 0 Å². The third kappa shape index (κ3) is 6.14. The van der Waals surface area contributed by atoms with Crippen LogP contribution in [0.2, 0.25) is 0 Å². The van der Waals surface area contributed by atoms with Gasteiger partial charge in [-0.1, -0.05) is 0 Å². The number of nitro groups is 1. The van der Waals surface area contributed by atoms with Gasteiger partial charge < -0.3 is 17.3 Å². The predicted octanol–water partition coefficient (Wildman–Crippen LogP) is 4.45. The van der Waals surface area contributed by atoms with Crippen LogP contribution in [0.1, 0.15) is 5.56 Å². The van der Waals surface area contributed by atoms with Crippen molar-refractivity contribution in [2.24, 2.45) is 0 Å². The molecule has 11 heteroatoms. The summed E-state index contributed by atoms with van der Waals surface area (Å²) in [5.74, 6) is 0. The topological polar surface area (TPSA) is 71.3 Å². The minimum atomic E-state index is -6.00. The van der Waals surface area contributed by atoms with Gasteiger partial charge in [-0.15, -0.1) is 0 Å². The number of nitrogens with zero attached hydrogens (tertiary/aromatic N) is 3. The number of non-ortho nitro benzene ring substituents is 1. The number of rotatable bonds is 1. The van der Waals surface area contributed by atoms with E-state index >= 15 is 0 Å². The highest BCUT2D eigenvalue weighted by molar-refractivity contribution is 9.10. The number of halogens is 5. The van der Waals surface area contributed by atoms with Crippen LogP contribution >= 0.6 is 15.9 Å². The van der Waals surface area contributed by atoms with E-state index in [2.05, 4.69) is 20.9 Å². The third-order valence-electron chi connectivity index (χ3n) is 1.55. The zero-order valence-corrected chi connectivity index (χ0v) is 10.4. The van der Waals surface area contributed by atoms with Crippen molar-refractivity contribution in [1.82, 2.24) is 0 Å². The zero-order valence-electron chi connectivity index (χ0n) is 8.78. The van der Waals surface area contributed by atoms with E-state index in [1.54, 1.807) is 6.92 Å². The third-order valence-corrected chi connectivity index (χ3v) is 2.15. The molecule has 0 aliphatic rings. The summed E-state index contributed by atoms with van der Waals surface area (Å²) in [6, 6.07) is 2.64. The highest BCUT2D eigenvalue weighted by Crippen LogP contribution is 2.33. The van der Waals surface area contributed by atoms with E-state index in [0.29, 0.717) is 15.7 Å². The van der Waals surface area contributed by atoms with E-state index in [9.17, 15) is 27.4 Å². The second-order valence-corrected chi connectivity index (χ2v) is 3.80. The average Bonchev–Trinajstić information content (AvgIpc) is 2.14. The number of aryl methyl sites for hydroxylation is 1. The molecule has 0 aliphatic heterocycles. The maximum absolute atomic E-state index is 10.4. The van der Waals surface area contributed by atoms with Gasteiger partial charge >= 0.3 is 12.9 Å². The van der Waals surface area contributed by atoms with Gasteiger partial charge in [0.05, 0.1) is 10.5 Å². The molecule has 0 atom stereocenters. The lowest BCUT2D eigenvalue weighted by Gasteiger charge is -1.94. The SMILES string of the molecule is Cc1cc([N+](=O)[O-])cc(Br)c1[N+]#N.F[B-](F)(F)F. The van der Waals surface area contributed by atoms with Gasteiger partial charge in [0.2, 0.25) is 5.39 Å². The molecule has 0 saturated carbocycles. The van der Waals surface area contributed by atoms with Crippen molar-refractivity contribution in [1.29, 1.82) is 5.39 Å². The summed E-state index contributed by atoms with van der Waals surface area (Å²) in [6.07, 6.45) is 0. The van der Waals surface area contributed by atoms with Gasteiger partial charge in [0.1, 0.15) is 4.47 Å². The van der Waals surface area contributed by atoms with E-state index in [4.69, 9.17) is 5.39 Å². The molecule has 5 nitrogen and oxygen atoms in total. The fraction of sp³-hybridized carbons (Fsp3) is 0.143. The van der Waals surface area contributed by atoms with Crippen LogP contribution in [-0.4, -0.2) is 12.2 Å². The number of benzene rings is 1. The van der Waals surface area contributed by atoms with Gasteiger partial charge in [-0.2, -0.15) is 0 Å². The lowest BCUT2D eigenvalue weighted by Crippen LogP contribution is -2.02. The maximum atomic E-state index is 10.4. The molecule has 18 heavy (non-hydrogen) atoms. The smallest absolute Gasteiger partial charge is 0.418 e. The monoisotopic (exact) mass is 329 g/mol. The van der Waals surface area contributed by atoms with Crippen LogP contribution in [0.15, 0.2) is 16.6 Å². The van der Waals surface area contributed by atoms with E-state index < -0.39 is 12.2 Å². The lowest BCUT2D eigenvalue weighted by molar-refractivity contribution is -0.385. The first-order valence-corrected chi connectivity index (χ1v) is 5.02. The first-order chi connectivity index (χ1) is 8.06. The summed E-state index contributed by atoms with van der Waals surface area (Å²) in [5.41, 5.74) is 0.825. The van der Waals surface area contributed by atoms with Crippen molar-refractivity contribution >= 4 is 34.6 Å². The molecular formula is C7H5BBrF4N3O2. The first kappa shape index (κ1) is 16.3. The van der Waals surface area contributed by atoms with Crippen LogP contribution < -0.4 is 0 Å². The molecule has 0 N–H and O–H groups in total. The fourth-order valence-electron chi connectivity index (χ4n) is 0.950. The zero-order chi connectivity index (χ0) is 14.5. The van der Waals surface area contributed by atoms with E-state index in [-0.39, 0.29) is 5.69 Å². The number of nitro benzene ring substituents is 1. The molecule has 0 heterocycles. The standard InChI is InChI=1S/C7H5BrN3O2.BF4/c1-4-2-5(11(12)13)3-6(8)7(4)10-9;2-1(3,4)5/h2-3H,1H3;/q+1;-1. The van der Waals surface area contributed by atoms with Gasteiger partial charge in [0, 0.05) is 12.1 Å².